The van der Waals surface area contributed by atoms with Gasteiger partial charge in [0.05, 0.1) is 59.9 Å². The van der Waals surface area contributed by atoms with Crippen molar-refractivity contribution in [3.05, 3.63) is 111 Å². The molecule has 4 aliphatic rings. The number of piperidine rings is 2. The van der Waals surface area contributed by atoms with Gasteiger partial charge in [0.2, 0.25) is 0 Å². The van der Waals surface area contributed by atoms with Crippen LogP contribution in [-0.2, 0) is 4.74 Å². The molecule has 10 heterocycles. The Morgan fingerprint density at radius 3 is 1.23 bits per heavy atom. The van der Waals surface area contributed by atoms with Crippen LogP contribution in [0.25, 0.3) is 33.1 Å². The quantitative estimate of drug-likeness (QED) is 0.0294. The van der Waals surface area contributed by atoms with Gasteiger partial charge in [-0.15, -0.1) is 196 Å². The van der Waals surface area contributed by atoms with Gasteiger partial charge in [-0.05, 0) is 244 Å². The lowest BCUT2D eigenvalue weighted by Gasteiger charge is -2.56. The number of methoxy groups -OCH3 is 1. The van der Waals surface area contributed by atoms with E-state index >= 15 is 0 Å². The molecule has 4 saturated heterocycles. The lowest BCUT2D eigenvalue weighted by molar-refractivity contribution is 0.135. The van der Waals surface area contributed by atoms with E-state index in [9.17, 15) is 10.2 Å². The fourth-order valence-electron chi connectivity index (χ4n) is 12.2. The minimum Gasteiger partial charge on any atom is -0.394 e. The number of hydrogen-bond donors (Lipinski definition) is 4. The highest BCUT2D eigenvalue weighted by atomic mass is 35.5. The van der Waals surface area contributed by atoms with Crippen molar-refractivity contribution in [2.75, 3.05) is 74.3 Å². The molecule has 6 aromatic heterocycles. The van der Waals surface area contributed by atoms with E-state index in [0.29, 0.717) is 49.8 Å². The summed E-state index contributed by atoms with van der Waals surface area (Å²) >= 11 is 5.98. The van der Waals surface area contributed by atoms with Crippen molar-refractivity contribution < 1.29 is 20.1 Å². The van der Waals surface area contributed by atoms with Crippen molar-refractivity contribution in [1.82, 2.24) is 54.4 Å². The molecule has 634 valence electrons. The second-order valence-corrected chi connectivity index (χ2v) is 198. The zero-order valence-electron chi connectivity index (χ0n) is 64.1. The number of aryl methyl sites for hydroxylation is 6. The molecule has 0 bridgehead atoms. The van der Waals surface area contributed by atoms with E-state index < -0.39 is 0 Å². The van der Waals surface area contributed by atoms with Crippen LogP contribution in [0.3, 0.4) is 0 Å². The van der Waals surface area contributed by atoms with Gasteiger partial charge in [0.25, 0.3) is 0 Å². The van der Waals surface area contributed by atoms with Gasteiger partial charge in [-0.2, -0.15) is 10.2 Å². The summed E-state index contributed by atoms with van der Waals surface area (Å²) in [6, 6.07) is 17.1. The largest absolute Gasteiger partial charge is 0.394 e. The first kappa shape index (κ1) is 111. The summed E-state index contributed by atoms with van der Waals surface area (Å²) in [5.74, 6) is 4.41. The molecule has 0 radical (unpaired) electrons. The van der Waals surface area contributed by atoms with Gasteiger partial charge in [0, 0.05) is 86.3 Å². The predicted octanol–water partition coefficient (Wildman–Crippen LogP) is 31.5. The fraction of sp³-hybridized carbons (Fsp3) is 0.472. The lowest BCUT2D eigenvalue weighted by Crippen LogP contribution is -2.51. The molecule has 25 unspecified atom stereocenters. The van der Waals surface area contributed by atoms with Crippen LogP contribution in [0.4, 0.5) is 17.5 Å². The number of hydrogen-bond acceptors (Lipinski definition) is 16. The first-order chi connectivity index (χ1) is 53.8. The standard InChI is InChI=1S/C25H29N7O.C15H21N5O.C10H9ClN2.C3H8O2.H44P42/c1-15-7-8-20-19(10-15)25(27-17(3)26-20)31-9-5-4-6-22(31)21-11-23-28-24(30-13-18(33)14-30)16(2)12-32(23)29-21;1-10-7-20-14(17-15(10)19-8-11(21)9-19)6-13(18-20)12-4-2-3-5-16-12;1-6-3-4-9-8(5-6)10(11)13-7(2)12-9;1-5-3-2-4;1-23(2)34(24(3)4)39(33(21)22)42(40(35(25(5)6)26(7)8)36(27(9)10)28(11)12)41(37(29(13)14)30(15)16)38(31(17)18)32(19)20/h7-8,10-12,18,22,33H,4-6,9,13-14H2,1-3H3;6-7,11-12,16,21H,2-5,8-9H2,1H3;3-5H,1-2H3;4H,2-3H2,1H3;1-22H2. The molecule has 0 aliphatic carbocycles. The summed E-state index contributed by atoms with van der Waals surface area (Å²) in [5, 5.41) is 42.8. The third-order valence-corrected chi connectivity index (χ3v) is 302. The minimum absolute atomic E-state index is 0.0542. The Bertz CT molecular complexity index is 4250. The first-order valence-corrected chi connectivity index (χ1v) is 111. The second-order valence-electron chi connectivity index (χ2n) is 26.1. The number of halogens is 1. The van der Waals surface area contributed by atoms with Gasteiger partial charge in [-0.3, -0.25) is 0 Å². The Morgan fingerprint density at radius 2 is 0.833 bits per heavy atom. The Kier molecular flexibility index (Phi) is 53.6. The number of aromatic nitrogens is 10. The van der Waals surface area contributed by atoms with Crippen molar-refractivity contribution in [2.45, 2.75) is 104 Å². The average molecular weight is 2340 g/mol. The summed E-state index contributed by atoms with van der Waals surface area (Å²) in [7, 11) is 76.6. The number of anilines is 3. The van der Waals surface area contributed by atoms with Crippen LogP contribution in [0.1, 0.15) is 95.9 Å². The van der Waals surface area contributed by atoms with Crippen LogP contribution in [0.2, 0.25) is 5.15 Å². The number of rotatable bonds is 26. The summed E-state index contributed by atoms with van der Waals surface area (Å²) in [6.07, 6.45) is 10.6. The molecule has 0 spiro atoms. The second kappa shape index (κ2) is 54.9. The summed E-state index contributed by atoms with van der Waals surface area (Å²) in [6.45, 7) is 15.1. The average Bonchev–Trinajstić information content (AvgIpc) is 1.03. The van der Waals surface area contributed by atoms with Gasteiger partial charge in [-0.1, -0.05) is 41.3 Å². The molecule has 0 amide bonds. The maximum atomic E-state index is 9.70. The fourth-order valence-corrected chi connectivity index (χ4v) is 598. The Labute approximate surface area is 755 Å². The number of benzene rings is 2. The van der Waals surface area contributed by atoms with Crippen molar-refractivity contribution >= 4 is 398 Å². The van der Waals surface area contributed by atoms with Gasteiger partial charge in [0.1, 0.15) is 34.3 Å². The number of nitrogens with one attached hydrogen (secondary N) is 1. The van der Waals surface area contributed by atoms with Crippen LogP contribution in [-0.4, -0.2) is 136 Å². The number of β-amino-alcohol motifs (C(OH)–C–C–N with tert-alkyl or cyclic N) is 2. The van der Waals surface area contributed by atoms with E-state index in [1.807, 2.05) is 67.3 Å². The highest BCUT2D eigenvalue weighted by molar-refractivity contribution is 9.49. The van der Waals surface area contributed by atoms with E-state index in [4.69, 9.17) is 36.8 Å². The molecule has 4 fully saturated rings. The summed E-state index contributed by atoms with van der Waals surface area (Å²) in [5.41, 5.74) is 10.3. The number of aliphatic hydroxyl groups excluding tert-OH is 3. The molecular formula is C53H111ClN14O4P42. The summed E-state index contributed by atoms with van der Waals surface area (Å²) in [4.78, 5) is 34.2. The highest BCUT2D eigenvalue weighted by Crippen LogP contribution is 3.43. The van der Waals surface area contributed by atoms with Gasteiger partial charge >= 0.3 is 0 Å². The zero-order valence-corrected chi connectivity index (χ0v) is 108. The highest BCUT2D eigenvalue weighted by Gasteiger charge is 2.56. The molecule has 61 heteroatoms. The Hall–Kier alpha value is 11.9. The van der Waals surface area contributed by atoms with E-state index in [-0.39, 0.29) is 165 Å². The Morgan fingerprint density at radius 1 is 0.447 bits per heavy atom. The maximum absolute atomic E-state index is 9.70. The maximum Gasteiger partial charge on any atom is 0.157 e. The van der Waals surface area contributed by atoms with Crippen LogP contribution in [0.15, 0.2) is 60.9 Å². The molecule has 4 aliphatic heterocycles. The zero-order chi connectivity index (χ0) is 84.2. The molecule has 8 aromatic rings. The topological polar surface area (TPSA) is 204 Å². The van der Waals surface area contributed by atoms with Crippen LogP contribution < -0.4 is 20.0 Å². The minimum atomic E-state index is -0.256. The lowest BCUT2D eigenvalue weighted by atomic mass is 9.98. The Balaban J connectivity index is 0.000000198. The van der Waals surface area contributed by atoms with Crippen LogP contribution >= 0.6 is 348 Å². The van der Waals surface area contributed by atoms with Crippen molar-refractivity contribution in [3.8, 4) is 0 Å². The van der Waals surface area contributed by atoms with E-state index in [1.165, 1.54) is 30.4 Å². The van der Waals surface area contributed by atoms with Gasteiger partial charge in [0.15, 0.2) is 11.3 Å². The van der Waals surface area contributed by atoms with Crippen molar-refractivity contribution in [3.63, 3.8) is 0 Å². The first-order valence-electron chi connectivity index (χ1n) is 34.6. The SMILES string of the molecule is COCCO.Cc1ccc2nc(C)nc(Cl)c2c1.Cc1ccc2nc(C)nc(N3CCCCC3c3cc4nc(N5CC(O)C5)c(C)cn4n3)c2c1.Cc1cn2nc(C3CCCCN3)cc2nc1N1CC(O)C1.PP(P)P(P(P)P)P(P(P)P)P(P(P(P(P)P)P(P)P)P(P(P)P)P(P)P)P(P(P(P)P)P(P)P)P(P(P)P)P(P)P. The van der Waals surface area contributed by atoms with Gasteiger partial charge in [-0.25, -0.2) is 38.9 Å². The smallest absolute Gasteiger partial charge is 0.157 e. The number of aliphatic hydroxyl groups is 3. The molecule has 2 aromatic carbocycles. The molecule has 114 heavy (non-hydrogen) atoms. The molecule has 12 rings (SSSR count). The van der Waals surface area contributed by atoms with Gasteiger partial charge < -0.3 is 40.1 Å². The number of fused-ring (bicyclic) bond motifs is 4. The molecule has 0 saturated carbocycles. The van der Waals surface area contributed by atoms with Crippen LogP contribution in [0, 0.1) is 41.5 Å². The molecule has 4 N–H and O–H groups in total. The van der Waals surface area contributed by atoms with E-state index in [2.05, 4.69) is 285 Å². The predicted molar refractivity (Wildman–Crippen MR) is 634 cm³/mol. The third-order valence-electron chi connectivity index (χ3n) is 17.1. The molecule has 18 nitrogen and oxygen atoms in total. The van der Waals surface area contributed by atoms with Crippen molar-refractivity contribution in [2.24, 2.45) is 0 Å². The molecule has 25 atom stereocenters. The number of ether oxygens (including phenoxy) is 1. The summed E-state index contributed by atoms with van der Waals surface area (Å²) < 4.78 is 8.21. The molecular weight excluding hydrogens is 2230 g/mol. The van der Waals surface area contributed by atoms with Crippen LogP contribution in [0.5, 0.6) is 0 Å². The monoisotopic (exact) mass is 2340 g/mol. The number of nitrogens with zero attached hydrogens (tertiary/aromatic N) is 13. The normalized spacial score (nSPS) is 17.1. The van der Waals surface area contributed by atoms with E-state index in [0.717, 1.165) is 111 Å². The third kappa shape index (κ3) is 31.7. The van der Waals surface area contributed by atoms with E-state index in [1.54, 1.807) is 7.11 Å². The van der Waals surface area contributed by atoms with Crippen molar-refractivity contribution in [1.29, 1.82) is 0 Å².